The average molecular weight is 818 g/mol. The van der Waals surface area contributed by atoms with Crippen LogP contribution in [0.25, 0.3) is 0 Å². The lowest BCUT2D eigenvalue weighted by molar-refractivity contribution is -0.177. The van der Waals surface area contributed by atoms with Crippen LogP contribution >= 0.6 is 0 Å². The minimum atomic E-state index is -4.01. The first-order chi connectivity index (χ1) is 26.9. The lowest BCUT2D eigenvalue weighted by Gasteiger charge is -2.30. The molecule has 1 aromatic carbocycles. The molecule has 5 amide bonds. The number of ether oxygens (including phenoxy) is 4. The third kappa shape index (κ3) is 9.92. The zero-order valence-electron chi connectivity index (χ0n) is 32.2. The van der Waals surface area contributed by atoms with Gasteiger partial charge in [0.25, 0.3) is 5.91 Å². The summed E-state index contributed by atoms with van der Waals surface area (Å²) in [6.45, 7) is 5.59. The van der Waals surface area contributed by atoms with Gasteiger partial charge in [0.1, 0.15) is 35.1 Å². The third-order valence-corrected chi connectivity index (χ3v) is 12.0. The number of fused-ring (bicyclic) bond motifs is 3. The normalized spacial score (nSPS) is 28.5. The van der Waals surface area contributed by atoms with E-state index in [9.17, 15) is 41.6 Å². The van der Waals surface area contributed by atoms with Gasteiger partial charge in [0.15, 0.2) is 0 Å². The predicted molar refractivity (Wildman–Crippen MR) is 197 cm³/mol. The van der Waals surface area contributed by atoms with Crippen molar-refractivity contribution in [3.8, 4) is 0 Å². The van der Waals surface area contributed by atoms with Gasteiger partial charge >= 0.3 is 18.2 Å². The summed E-state index contributed by atoms with van der Waals surface area (Å²) in [5.74, 6) is -4.49. The maximum atomic E-state index is 14.5. The van der Waals surface area contributed by atoms with E-state index in [2.05, 4.69) is 15.4 Å². The smallest absolute Gasteiger partial charge is 0.410 e. The highest BCUT2D eigenvalue weighted by atomic mass is 32.2. The Labute approximate surface area is 329 Å². The van der Waals surface area contributed by atoms with E-state index >= 15 is 0 Å². The Balaban J connectivity index is 1.30. The van der Waals surface area contributed by atoms with Gasteiger partial charge in [-0.15, -0.1) is 0 Å². The Kier molecular flexibility index (Phi) is 12.0. The molecule has 6 atom stereocenters. The summed E-state index contributed by atoms with van der Waals surface area (Å²) in [6.07, 6.45) is 2.75. The molecule has 17 nitrogen and oxygen atoms in total. The van der Waals surface area contributed by atoms with Gasteiger partial charge in [-0.05, 0) is 65.0 Å². The van der Waals surface area contributed by atoms with Crippen molar-refractivity contribution in [2.75, 3.05) is 13.2 Å². The van der Waals surface area contributed by atoms with Crippen LogP contribution < -0.4 is 15.4 Å². The van der Waals surface area contributed by atoms with Gasteiger partial charge in [-0.1, -0.05) is 30.4 Å². The first kappa shape index (κ1) is 41.6. The minimum absolute atomic E-state index is 0.0332. The van der Waals surface area contributed by atoms with E-state index in [4.69, 9.17) is 18.9 Å². The van der Waals surface area contributed by atoms with Crippen LogP contribution in [-0.4, -0.2) is 108 Å². The van der Waals surface area contributed by atoms with Crippen molar-refractivity contribution in [3.05, 3.63) is 59.4 Å². The molecule has 5 aliphatic rings. The number of halogens is 1. The number of sulfonamides is 1. The second-order valence-corrected chi connectivity index (χ2v) is 17.8. The Bertz CT molecular complexity index is 1960. The lowest BCUT2D eigenvalue weighted by atomic mass is 10.1. The number of amides is 5. The Hall–Kier alpha value is -5.04. The van der Waals surface area contributed by atoms with Crippen LogP contribution in [-0.2, 0) is 61.2 Å². The number of carbonyl (C=O) groups is 6. The number of nitrogens with zero attached hydrogens (tertiary/aromatic N) is 2. The van der Waals surface area contributed by atoms with Crippen molar-refractivity contribution in [2.45, 2.75) is 120 Å². The van der Waals surface area contributed by atoms with E-state index in [0.717, 1.165) is 4.90 Å². The molecular formula is C38H48FN5O12S. The van der Waals surface area contributed by atoms with E-state index in [0.29, 0.717) is 24.0 Å². The molecule has 3 aliphatic heterocycles. The van der Waals surface area contributed by atoms with E-state index < -0.39 is 105 Å². The zero-order valence-corrected chi connectivity index (χ0v) is 33.0. The molecule has 3 heterocycles. The number of benzene rings is 1. The molecule has 0 aromatic heterocycles. The van der Waals surface area contributed by atoms with E-state index in [1.807, 2.05) is 0 Å². The Morgan fingerprint density at radius 1 is 1.09 bits per heavy atom. The van der Waals surface area contributed by atoms with Gasteiger partial charge in [-0.3, -0.25) is 24.0 Å². The quantitative estimate of drug-likeness (QED) is 0.157. The minimum Gasteiger partial charge on any atom is -0.444 e. The van der Waals surface area contributed by atoms with Crippen molar-refractivity contribution in [1.29, 1.82) is 0 Å². The molecule has 1 saturated heterocycles. The first-order valence-corrected chi connectivity index (χ1v) is 20.4. The summed E-state index contributed by atoms with van der Waals surface area (Å²) in [4.78, 5) is 83.9. The molecule has 1 aromatic rings. The number of allylic oxidation sites excluding steroid dienone is 2. The molecule has 2 unspecified atom stereocenters. The summed E-state index contributed by atoms with van der Waals surface area (Å²) in [6, 6.07) is 1.59. The monoisotopic (exact) mass is 817 g/mol. The number of nitrogens with one attached hydrogen (secondary N) is 3. The summed E-state index contributed by atoms with van der Waals surface area (Å²) >= 11 is 0. The van der Waals surface area contributed by atoms with Crippen LogP contribution in [0.2, 0.25) is 0 Å². The lowest BCUT2D eigenvalue weighted by Crippen LogP contribution is -2.59. The van der Waals surface area contributed by atoms with E-state index in [1.165, 1.54) is 29.2 Å². The second kappa shape index (κ2) is 16.4. The largest absolute Gasteiger partial charge is 0.444 e. The SMILES string of the molecule is C/C=C/C(=O)OC1CC/C=C\C2C[C@@]2(C(=O)NS(=O)(=O)C2CC2)NC(=O)[C@@H]2C[C@@H](OC(=O)N3Cc4cccc(F)c4C3)CN2C(=O)[C@@H](NC(=O)OC(C)(C)C)CO1. The van der Waals surface area contributed by atoms with Crippen molar-refractivity contribution in [1.82, 2.24) is 25.2 Å². The number of carbonyl (C=O) groups excluding carboxylic acids is 6. The molecule has 3 fully saturated rings. The summed E-state index contributed by atoms with van der Waals surface area (Å²) in [7, 11) is -4.01. The number of hydrogen-bond donors (Lipinski definition) is 3. The van der Waals surface area contributed by atoms with Crippen LogP contribution in [0.15, 0.2) is 42.5 Å². The van der Waals surface area contributed by atoms with Crippen LogP contribution in [0.4, 0.5) is 14.0 Å². The van der Waals surface area contributed by atoms with Crippen LogP contribution in [0.1, 0.15) is 77.3 Å². The fourth-order valence-corrected chi connectivity index (χ4v) is 8.44. The highest BCUT2D eigenvalue weighted by molar-refractivity contribution is 7.91. The topological polar surface area (TPSA) is 216 Å². The van der Waals surface area contributed by atoms with Gasteiger partial charge in [0.2, 0.25) is 28.1 Å². The molecule has 3 N–H and O–H groups in total. The van der Waals surface area contributed by atoms with Crippen molar-refractivity contribution < 1.29 is 60.5 Å². The number of esters is 1. The average Bonchev–Trinajstić information content (AvgIpc) is 4.01. The summed E-state index contributed by atoms with van der Waals surface area (Å²) < 4.78 is 64.9. The summed E-state index contributed by atoms with van der Waals surface area (Å²) in [5, 5.41) is 4.48. The Morgan fingerprint density at radius 2 is 1.84 bits per heavy atom. The highest BCUT2D eigenvalue weighted by Crippen LogP contribution is 2.46. The number of alkyl carbamates (subject to hydrolysis) is 1. The standard InChI is InChI=1S/C38H48FN5O12S/c1-5-9-30(45)55-31-13-7-6-11-23-17-38(23,34(48)42-57(51,52)25-14-15-25)41-32(46)29-16-24(54-36(50)43-18-22-10-8-12-27(39)26(22)20-43)19-44(29)33(47)28(21-53-31)40-35(49)56-37(2,3)4/h5-6,8-12,23-25,28-29,31H,7,13-21H2,1-4H3,(H,40,49)(H,41,46)(H,42,48)/b9-5+,11-6-/t23?,24-,28+,29+,31?,38-/m1/s1. The fourth-order valence-electron chi connectivity index (χ4n) is 7.07. The third-order valence-electron chi connectivity index (χ3n) is 10.2. The molecule has 57 heavy (non-hydrogen) atoms. The van der Waals surface area contributed by atoms with Gasteiger partial charge in [-0.25, -0.2) is 27.2 Å². The zero-order chi connectivity index (χ0) is 41.3. The maximum absolute atomic E-state index is 14.5. The molecular weight excluding hydrogens is 770 g/mol. The van der Waals surface area contributed by atoms with Crippen LogP contribution in [0.5, 0.6) is 0 Å². The fraction of sp³-hybridized carbons (Fsp3) is 0.579. The maximum Gasteiger partial charge on any atom is 0.410 e. The van der Waals surface area contributed by atoms with Crippen molar-refractivity contribution >= 4 is 45.9 Å². The second-order valence-electron chi connectivity index (χ2n) is 15.8. The highest BCUT2D eigenvalue weighted by Gasteiger charge is 2.62. The molecule has 0 radical (unpaired) electrons. The Morgan fingerprint density at radius 3 is 2.53 bits per heavy atom. The van der Waals surface area contributed by atoms with Gasteiger partial charge in [0, 0.05) is 36.9 Å². The van der Waals surface area contributed by atoms with Crippen LogP contribution in [0.3, 0.4) is 0 Å². The molecule has 0 bridgehead atoms. The first-order valence-electron chi connectivity index (χ1n) is 18.9. The predicted octanol–water partition coefficient (Wildman–Crippen LogP) is 2.44. The van der Waals surface area contributed by atoms with Crippen LogP contribution in [0, 0.1) is 11.7 Å². The van der Waals surface area contributed by atoms with Gasteiger partial charge in [0.05, 0.1) is 24.9 Å². The van der Waals surface area contributed by atoms with Gasteiger partial charge in [-0.2, -0.15) is 0 Å². The molecule has 19 heteroatoms. The van der Waals surface area contributed by atoms with Crippen molar-refractivity contribution in [3.63, 3.8) is 0 Å². The number of hydrogen-bond acceptors (Lipinski definition) is 12. The molecule has 2 aliphatic carbocycles. The molecule has 0 spiro atoms. The van der Waals surface area contributed by atoms with Gasteiger partial charge < -0.3 is 34.5 Å². The molecule has 2 saturated carbocycles. The van der Waals surface area contributed by atoms with E-state index in [-0.39, 0.29) is 45.3 Å². The number of rotatable bonds is 7. The van der Waals surface area contributed by atoms with Crippen molar-refractivity contribution in [2.24, 2.45) is 5.92 Å². The molecule has 310 valence electrons. The molecule has 6 rings (SSSR count). The summed E-state index contributed by atoms with van der Waals surface area (Å²) in [5.41, 5.74) is -1.73. The van der Waals surface area contributed by atoms with E-state index in [1.54, 1.807) is 45.9 Å².